The van der Waals surface area contributed by atoms with Gasteiger partial charge >= 0.3 is 11.9 Å². The number of esters is 1. The third kappa shape index (κ3) is 4.97. The Labute approximate surface area is 169 Å². The minimum Gasteiger partial charge on any atom is -0.481 e. The Balaban J connectivity index is 2.13. The van der Waals surface area contributed by atoms with Crippen LogP contribution in [0, 0.1) is 28.6 Å². The van der Waals surface area contributed by atoms with Crippen LogP contribution in [0.2, 0.25) is 0 Å². The third-order valence-electron chi connectivity index (χ3n) is 7.85. The van der Waals surface area contributed by atoms with Crippen molar-refractivity contribution in [3.05, 3.63) is 11.6 Å². The summed E-state index contributed by atoms with van der Waals surface area (Å²) < 4.78 is 5.32. The lowest BCUT2D eigenvalue weighted by Crippen LogP contribution is -2.50. The van der Waals surface area contributed by atoms with E-state index in [1.165, 1.54) is 5.57 Å². The molecule has 0 aromatic carbocycles. The van der Waals surface area contributed by atoms with E-state index >= 15 is 0 Å². The minimum absolute atomic E-state index is 0.00320. The Morgan fingerprint density at radius 3 is 2.64 bits per heavy atom. The molecule has 0 unspecified atom stereocenters. The number of aliphatic hydroxyl groups is 1. The van der Waals surface area contributed by atoms with Crippen molar-refractivity contribution in [2.75, 3.05) is 13.2 Å². The zero-order valence-electron chi connectivity index (χ0n) is 18.0. The van der Waals surface area contributed by atoms with E-state index in [9.17, 15) is 14.7 Å². The molecule has 2 aliphatic rings. The molecule has 2 rings (SSSR count). The maximum absolute atomic E-state index is 11.7. The molecule has 5 heteroatoms. The van der Waals surface area contributed by atoms with Crippen LogP contribution in [0.3, 0.4) is 0 Å². The van der Waals surface area contributed by atoms with E-state index in [1.807, 2.05) is 0 Å². The molecule has 5 atom stereocenters. The molecule has 0 spiro atoms. The second-order valence-electron chi connectivity index (χ2n) is 9.61. The summed E-state index contributed by atoms with van der Waals surface area (Å²) in [7, 11) is 0. The number of hydrogen-bond acceptors (Lipinski definition) is 4. The van der Waals surface area contributed by atoms with Gasteiger partial charge in [0.25, 0.3) is 0 Å². The van der Waals surface area contributed by atoms with Crippen LogP contribution >= 0.6 is 0 Å². The number of fused-ring (bicyclic) bond motifs is 1. The maximum atomic E-state index is 11.7. The fourth-order valence-corrected chi connectivity index (χ4v) is 5.68. The summed E-state index contributed by atoms with van der Waals surface area (Å²) in [5, 5.41) is 18.0. The van der Waals surface area contributed by atoms with Crippen molar-refractivity contribution in [1.29, 1.82) is 0 Å². The first-order valence-electron chi connectivity index (χ1n) is 10.8. The number of ether oxygens (including phenoxy) is 1. The van der Waals surface area contributed by atoms with Crippen molar-refractivity contribution in [3.8, 4) is 0 Å². The fraction of sp³-hybridized carbons (Fsp3) is 0.826. The fourth-order valence-electron chi connectivity index (χ4n) is 5.68. The molecule has 160 valence electrons. The summed E-state index contributed by atoms with van der Waals surface area (Å²) in [5.74, 6) is -0.117. The molecule has 2 aliphatic carbocycles. The number of aliphatic hydroxyl groups excluding tert-OH is 1. The van der Waals surface area contributed by atoms with Crippen LogP contribution in [0.4, 0.5) is 0 Å². The Morgan fingerprint density at radius 2 is 2.00 bits per heavy atom. The van der Waals surface area contributed by atoms with Crippen molar-refractivity contribution in [1.82, 2.24) is 0 Å². The zero-order valence-corrected chi connectivity index (χ0v) is 18.0. The minimum atomic E-state index is -1.15. The van der Waals surface area contributed by atoms with Gasteiger partial charge in [-0.2, -0.15) is 0 Å². The average Bonchev–Trinajstić information content (AvgIpc) is 2.62. The first-order valence-corrected chi connectivity index (χ1v) is 10.8. The van der Waals surface area contributed by atoms with Gasteiger partial charge in [-0.25, -0.2) is 0 Å². The van der Waals surface area contributed by atoms with E-state index in [0.717, 1.165) is 44.9 Å². The molecule has 2 N–H and O–H groups in total. The van der Waals surface area contributed by atoms with E-state index < -0.39 is 18.4 Å². The quantitative estimate of drug-likeness (QED) is 0.340. The number of carbonyl (C=O) groups excluding carboxylic acids is 1. The standard InChI is InChI=1S/C23H38O5/c1-16(10-13-24)8-11-22(3)17(2)9-12-23(4)18(6-5-7-19(22)23)15-28-21(27)14-20(25)26/h6,16-17,19,24H,5,7-15H2,1-4H3,(H,25,26)/t16-,17+,19+,22-,23-/m0/s1. The zero-order chi connectivity index (χ0) is 20.9. The summed E-state index contributed by atoms with van der Waals surface area (Å²) in [4.78, 5) is 22.4. The van der Waals surface area contributed by atoms with Crippen molar-refractivity contribution >= 4 is 11.9 Å². The van der Waals surface area contributed by atoms with E-state index in [-0.39, 0.29) is 24.0 Å². The maximum Gasteiger partial charge on any atom is 0.317 e. The van der Waals surface area contributed by atoms with E-state index in [1.54, 1.807) is 0 Å². The largest absolute Gasteiger partial charge is 0.481 e. The van der Waals surface area contributed by atoms with Crippen LogP contribution in [0.5, 0.6) is 0 Å². The molecule has 5 nitrogen and oxygen atoms in total. The highest BCUT2D eigenvalue weighted by atomic mass is 16.5. The van der Waals surface area contributed by atoms with Gasteiger partial charge < -0.3 is 14.9 Å². The lowest BCUT2D eigenvalue weighted by Gasteiger charge is -2.58. The van der Waals surface area contributed by atoms with Gasteiger partial charge in [-0.3, -0.25) is 9.59 Å². The van der Waals surface area contributed by atoms with Gasteiger partial charge in [0, 0.05) is 6.61 Å². The summed E-state index contributed by atoms with van der Waals surface area (Å²) in [5.41, 5.74) is 1.40. The number of rotatable bonds is 9. The lowest BCUT2D eigenvalue weighted by atomic mass is 9.46. The molecule has 0 saturated heterocycles. The van der Waals surface area contributed by atoms with Gasteiger partial charge in [-0.1, -0.05) is 40.2 Å². The number of carboxylic acid groups (broad SMARTS) is 1. The SMILES string of the molecule is C[C@H](CCO)CC[C@@]1(C)[C@H](C)CC[C@@]2(C)C(COC(=O)CC(=O)O)=CCC[C@H]12. The molecule has 1 fully saturated rings. The molecule has 28 heavy (non-hydrogen) atoms. The Kier molecular flexibility index (Phi) is 7.72. The van der Waals surface area contributed by atoms with Gasteiger partial charge in [0.1, 0.15) is 13.0 Å². The van der Waals surface area contributed by atoms with Crippen molar-refractivity contribution in [2.24, 2.45) is 28.6 Å². The summed E-state index contributed by atoms with van der Waals surface area (Å²) in [6.07, 6.45) is 9.15. The predicted octanol–water partition coefficient (Wildman–Crippen LogP) is 4.58. The summed E-state index contributed by atoms with van der Waals surface area (Å²) in [6, 6.07) is 0. The van der Waals surface area contributed by atoms with Gasteiger partial charge in [-0.05, 0) is 72.7 Å². The Morgan fingerprint density at radius 1 is 1.29 bits per heavy atom. The highest BCUT2D eigenvalue weighted by molar-refractivity contribution is 5.90. The molecular weight excluding hydrogens is 356 g/mol. The van der Waals surface area contributed by atoms with Crippen LogP contribution in [0.25, 0.3) is 0 Å². The molecule has 0 aliphatic heterocycles. The smallest absolute Gasteiger partial charge is 0.317 e. The Hall–Kier alpha value is -1.36. The molecule has 0 aromatic rings. The highest BCUT2D eigenvalue weighted by Crippen LogP contribution is 2.62. The number of carbonyl (C=O) groups is 2. The van der Waals surface area contributed by atoms with Gasteiger partial charge in [-0.15, -0.1) is 0 Å². The first kappa shape index (κ1) is 22.9. The van der Waals surface area contributed by atoms with E-state index in [0.29, 0.717) is 17.8 Å². The lowest BCUT2D eigenvalue weighted by molar-refractivity contribution is -0.151. The second-order valence-corrected chi connectivity index (χ2v) is 9.61. The average molecular weight is 395 g/mol. The number of carboxylic acids is 1. The van der Waals surface area contributed by atoms with Crippen LogP contribution in [0.1, 0.15) is 79.1 Å². The molecule has 0 bridgehead atoms. The normalized spacial score (nSPS) is 33.5. The number of aliphatic carboxylic acids is 1. The Bertz CT molecular complexity index is 598. The third-order valence-corrected chi connectivity index (χ3v) is 7.85. The van der Waals surface area contributed by atoms with E-state index in [2.05, 4.69) is 33.8 Å². The molecule has 0 aromatic heterocycles. The summed E-state index contributed by atoms with van der Waals surface area (Å²) >= 11 is 0. The van der Waals surface area contributed by atoms with Crippen molar-refractivity contribution < 1.29 is 24.5 Å². The molecule has 0 heterocycles. The second kappa shape index (κ2) is 9.43. The monoisotopic (exact) mass is 394 g/mol. The van der Waals surface area contributed by atoms with Gasteiger partial charge in [0.2, 0.25) is 0 Å². The van der Waals surface area contributed by atoms with Crippen LogP contribution in [0.15, 0.2) is 11.6 Å². The van der Waals surface area contributed by atoms with Crippen LogP contribution < -0.4 is 0 Å². The molecule has 1 saturated carbocycles. The van der Waals surface area contributed by atoms with Gasteiger partial charge in [0.05, 0.1) is 0 Å². The molecule has 0 radical (unpaired) electrons. The van der Waals surface area contributed by atoms with Gasteiger partial charge in [0.15, 0.2) is 0 Å². The van der Waals surface area contributed by atoms with Crippen molar-refractivity contribution in [2.45, 2.75) is 79.1 Å². The number of allylic oxidation sites excluding steroid dienone is 1. The molecular formula is C23H38O5. The van der Waals surface area contributed by atoms with Crippen LogP contribution in [-0.4, -0.2) is 35.4 Å². The highest BCUT2D eigenvalue weighted by Gasteiger charge is 2.53. The van der Waals surface area contributed by atoms with E-state index in [4.69, 9.17) is 9.84 Å². The van der Waals surface area contributed by atoms with Crippen molar-refractivity contribution in [3.63, 3.8) is 0 Å². The number of hydrogen-bond donors (Lipinski definition) is 2. The summed E-state index contributed by atoms with van der Waals surface area (Å²) in [6.45, 7) is 9.81. The topological polar surface area (TPSA) is 83.8 Å². The molecule has 0 amide bonds. The predicted molar refractivity (Wildman–Crippen MR) is 109 cm³/mol. The van der Waals surface area contributed by atoms with Crippen LogP contribution in [-0.2, 0) is 14.3 Å². The first-order chi connectivity index (χ1) is 13.1.